The molecule has 0 heterocycles. The largest absolute Gasteiger partial charge is 0.497 e. The summed E-state index contributed by atoms with van der Waals surface area (Å²) in [4.78, 5) is 23.3. The summed E-state index contributed by atoms with van der Waals surface area (Å²) < 4.78 is 15.3. The number of amides is 1. The van der Waals surface area contributed by atoms with Crippen molar-refractivity contribution >= 4 is 12.1 Å². The lowest BCUT2D eigenvalue weighted by molar-refractivity contribution is -0.139. The molecule has 1 aromatic rings. The second kappa shape index (κ2) is 7.02. The summed E-state index contributed by atoms with van der Waals surface area (Å²) in [6.45, 7) is 5.07. The Labute approximate surface area is 129 Å². The maximum absolute atomic E-state index is 11.8. The Kier molecular flexibility index (Phi) is 5.62. The van der Waals surface area contributed by atoms with Gasteiger partial charge in [0.15, 0.2) is 6.04 Å². The standard InChI is InChI=1S/C15H21NO6/c1-15(2,3)22-14(19)16-12(13(17)18)10-7-6-9(20-4)8-11(10)21-5/h6-8,12H,1-5H3,(H,16,19)(H,17,18). The molecule has 0 fully saturated rings. The molecule has 2 N–H and O–H groups in total. The van der Waals surface area contributed by atoms with Gasteiger partial charge in [-0.25, -0.2) is 9.59 Å². The molecule has 1 unspecified atom stereocenters. The topological polar surface area (TPSA) is 94.1 Å². The van der Waals surface area contributed by atoms with Crippen LogP contribution in [0.4, 0.5) is 4.79 Å². The minimum absolute atomic E-state index is 0.293. The monoisotopic (exact) mass is 311 g/mol. The molecule has 1 aromatic carbocycles. The lowest BCUT2D eigenvalue weighted by atomic mass is 10.1. The fourth-order valence-corrected chi connectivity index (χ4v) is 1.75. The highest BCUT2D eigenvalue weighted by molar-refractivity contribution is 5.82. The van der Waals surface area contributed by atoms with Crippen LogP contribution < -0.4 is 14.8 Å². The van der Waals surface area contributed by atoms with Gasteiger partial charge in [0.1, 0.15) is 17.1 Å². The summed E-state index contributed by atoms with van der Waals surface area (Å²) in [7, 11) is 2.90. The SMILES string of the molecule is COc1ccc(C(NC(=O)OC(C)(C)C)C(=O)O)c(OC)c1. The molecule has 1 atom stereocenters. The van der Waals surface area contributed by atoms with E-state index in [4.69, 9.17) is 14.2 Å². The molecule has 0 aliphatic carbocycles. The third kappa shape index (κ3) is 4.83. The number of aliphatic carboxylic acids is 1. The molecular formula is C15H21NO6. The maximum Gasteiger partial charge on any atom is 0.408 e. The van der Waals surface area contributed by atoms with Gasteiger partial charge in [0.05, 0.1) is 14.2 Å². The van der Waals surface area contributed by atoms with Gasteiger partial charge >= 0.3 is 12.1 Å². The van der Waals surface area contributed by atoms with Gasteiger partial charge in [-0.2, -0.15) is 0 Å². The molecule has 0 spiro atoms. The Bertz CT molecular complexity index is 549. The number of methoxy groups -OCH3 is 2. The van der Waals surface area contributed by atoms with E-state index in [9.17, 15) is 14.7 Å². The van der Waals surface area contributed by atoms with Gasteiger partial charge in [-0.3, -0.25) is 0 Å². The lowest BCUT2D eigenvalue weighted by Gasteiger charge is -2.23. The van der Waals surface area contributed by atoms with E-state index in [0.29, 0.717) is 17.1 Å². The number of carboxylic acids is 1. The fraction of sp³-hybridized carbons (Fsp3) is 0.467. The highest BCUT2D eigenvalue weighted by Crippen LogP contribution is 2.30. The number of rotatable bonds is 5. The van der Waals surface area contributed by atoms with E-state index < -0.39 is 23.7 Å². The van der Waals surface area contributed by atoms with Gasteiger partial charge in [0.25, 0.3) is 0 Å². The molecule has 0 saturated heterocycles. The fourth-order valence-electron chi connectivity index (χ4n) is 1.75. The first-order valence-corrected chi connectivity index (χ1v) is 6.62. The summed E-state index contributed by atoms with van der Waals surface area (Å²) >= 11 is 0. The predicted octanol–water partition coefficient (Wildman–Crippen LogP) is 2.35. The van der Waals surface area contributed by atoms with Gasteiger partial charge in [-0.15, -0.1) is 0 Å². The van der Waals surface area contributed by atoms with Gasteiger partial charge in [-0.05, 0) is 32.9 Å². The van der Waals surface area contributed by atoms with Gasteiger partial charge in [0.2, 0.25) is 0 Å². The summed E-state index contributed by atoms with van der Waals surface area (Å²) in [5.41, 5.74) is -0.432. The van der Waals surface area contributed by atoms with E-state index in [1.807, 2.05) is 0 Å². The Hall–Kier alpha value is -2.44. The molecule has 1 rings (SSSR count). The number of carbonyl (C=O) groups is 2. The summed E-state index contributed by atoms with van der Waals surface area (Å²) in [5, 5.41) is 11.7. The zero-order chi connectivity index (χ0) is 16.9. The highest BCUT2D eigenvalue weighted by atomic mass is 16.6. The van der Waals surface area contributed by atoms with Crippen LogP contribution in [0.3, 0.4) is 0 Å². The van der Waals surface area contributed by atoms with Crippen molar-refractivity contribution in [1.29, 1.82) is 0 Å². The molecule has 0 radical (unpaired) electrons. The molecule has 7 nitrogen and oxygen atoms in total. The van der Waals surface area contributed by atoms with Crippen molar-refractivity contribution in [2.45, 2.75) is 32.4 Å². The van der Waals surface area contributed by atoms with Crippen molar-refractivity contribution in [3.05, 3.63) is 23.8 Å². The van der Waals surface area contributed by atoms with Crippen LogP contribution >= 0.6 is 0 Å². The van der Waals surface area contributed by atoms with Gasteiger partial charge in [-0.1, -0.05) is 0 Å². The molecule has 0 bridgehead atoms. The zero-order valence-electron chi connectivity index (χ0n) is 13.3. The number of ether oxygens (including phenoxy) is 3. The molecule has 0 saturated carbocycles. The summed E-state index contributed by atoms with van der Waals surface area (Å²) in [6, 6.07) is 3.36. The highest BCUT2D eigenvalue weighted by Gasteiger charge is 2.28. The Balaban J connectivity index is 3.06. The maximum atomic E-state index is 11.8. The van der Waals surface area contributed by atoms with Crippen LogP contribution in [0.2, 0.25) is 0 Å². The van der Waals surface area contributed by atoms with Crippen molar-refractivity contribution < 1.29 is 28.9 Å². The first-order chi connectivity index (χ1) is 10.2. The molecule has 0 aliphatic heterocycles. The first-order valence-electron chi connectivity index (χ1n) is 6.62. The first kappa shape index (κ1) is 17.6. The van der Waals surface area contributed by atoms with Gasteiger partial charge in [0, 0.05) is 11.6 Å². The van der Waals surface area contributed by atoms with E-state index in [1.165, 1.54) is 20.3 Å². The van der Waals surface area contributed by atoms with Crippen LogP contribution in [-0.4, -0.2) is 37.0 Å². The number of hydrogen-bond donors (Lipinski definition) is 2. The number of carboxylic acid groups (broad SMARTS) is 1. The number of carbonyl (C=O) groups excluding carboxylic acids is 1. The molecular weight excluding hydrogens is 290 g/mol. The molecule has 1 amide bonds. The van der Waals surface area contributed by atoms with Crippen molar-refractivity contribution in [3.8, 4) is 11.5 Å². The molecule has 22 heavy (non-hydrogen) atoms. The third-order valence-electron chi connectivity index (χ3n) is 2.66. The molecule has 0 aromatic heterocycles. The van der Waals surface area contributed by atoms with Crippen LogP contribution in [0.15, 0.2) is 18.2 Å². The van der Waals surface area contributed by atoms with Crippen LogP contribution in [0.1, 0.15) is 32.4 Å². The minimum atomic E-state index is -1.30. The van der Waals surface area contributed by atoms with Crippen LogP contribution in [0.25, 0.3) is 0 Å². The zero-order valence-corrected chi connectivity index (χ0v) is 13.3. The van der Waals surface area contributed by atoms with E-state index in [0.717, 1.165) is 0 Å². The third-order valence-corrected chi connectivity index (χ3v) is 2.66. The van der Waals surface area contributed by atoms with E-state index in [1.54, 1.807) is 32.9 Å². The van der Waals surface area contributed by atoms with Crippen LogP contribution in [0, 0.1) is 0 Å². The van der Waals surface area contributed by atoms with Crippen LogP contribution in [-0.2, 0) is 9.53 Å². The van der Waals surface area contributed by atoms with E-state index in [2.05, 4.69) is 5.32 Å². The number of alkyl carbamates (subject to hydrolysis) is 1. The lowest BCUT2D eigenvalue weighted by Crippen LogP contribution is -2.38. The Morgan fingerprint density at radius 2 is 1.82 bits per heavy atom. The minimum Gasteiger partial charge on any atom is -0.497 e. The summed E-state index contributed by atoms with van der Waals surface area (Å²) in [5.74, 6) is -0.417. The Morgan fingerprint density at radius 1 is 1.18 bits per heavy atom. The molecule has 0 aliphatic rings. The number of hydrogen-bond acceptors (Lipinski definition) is 5. The van der Waals surface area contributed by atoms with Crippen molar-refractivity contribution in [1.82, 2.24) is 5.32 Å². The van der Waals surface area contributed by atoms with Crippen molar-refractivity contribution in [3.63, 3.8) is 0 Å². The summed E-state index contributed by atoms with van der Waals surface area (Å²) in [6.07, 6.45) is -0.822. The molecule has 122 valence electrons. The van der Waals surface area contributed by atoms with Gasteiger partial charge < -0.3 is 24.6 Å². The van der Waals surface area contributed by atoms with Crippen LogP contribution in [0.5, 0.6) is 11.5 Å². The van der Waals surface area contributed by atoms with E-state index >= 15 is 0 Å². The average molecular weight is 311 g/mol. The van der Waals surface area contributed by atoms with E-state index in [-0.39, 0.29) is 0 Å². The quantitative estimate of drug-likeness (QED) is 0.867. The van der Waals surface area contributed by atoms with Crippen molar-refractivity contribution in [2.24, 2.45) is 0 Å². The normalized spacial score (nSPS) is 12.2. The van der Waals surface area contributed by atoms with Crippen molar-refractivity contribution in [2.75, 3.05) is 14.2 Å². The predicted molar refractivity (Wildman–Crippen MR) is 79.3 cm³/mol. The number of nitrogens with one attached hydrogen (secondary N) is 1. The second-order valence-electron chi connectivity index (χ2n) is 5.53. The number of benzene rings is 1. The second-order valence-corrected chi connectivity index (χ2v) is 5.53. The molecule has 7 heteroatoms. The Morgan fingerprint density at radius 3 is 2.27 bits per heavy atom. The smallest absolute Gasteiger partial charge is 0.408 e. The average Bonchev–Trinajstić information content (AvgIpc) is 2.42.